The lowest BCUT2D eigenvalue weighted by atomic mass is 10.1. The summed E-state index contributed by atoms with van der Waals surface area (Å²) in [5.41, 5.74) is 0. The highest BCUT2D eigenvalue weighted by Gasteiger charge is 2.13. The molecule has 0 aliphatic carbocycles. The third kappa shape index (κ3) is 8.05. The van der Waals surface area contributed by atoms with Crippen LogP contribution in [0, 0.1) is 11.8 Å². The molecule has 16 heavy (non-hydrogen) atoms. The molecule has 0 spiro atoms. The molecule has 0 saturated heterocycles. The second kappa shape index (κ2) is 8.93. The summed E-state index contributed by atoms with van der Waals surface area (Å²) in [6.45, 7) is 9.80. The van der Waals surface area contributed by atoms with Crippen molar-refractivity contribution in [3.63, 3.8) is 0 Å². The van der Waals surface area contributed by atoms with Gasteiger partial charge in [0.1, 0.15) is 0 Å². The van der Waals surface area contributed by atoms with Crippen LogP contribution in [-0.2, 0) is 4.74 Å². The van der Waals surface area contributed by atoms with E-state index < -0.39 is 6.10 Å². The van der Waals surface area contributed by atoms with E-state index in [4.69, 9.17) is 9.84 Å². The minimum absolute atomic E-state index is 0.0414. The molecule has 4 nitrogen and oxygen atoms in total. The van der Waals surface area contributed by atoms with E-state index in [0.29, 0.717) is 31.6 Å². The molecule has 3 N–H and O–H groups in total. The minimum atomic E-state index is -0.508. The van der Waals surface area contributed by atoms with Crippen LogP contribution in [-0.4, -0.2) is 48.7 Å². The van der Waals surface area contributed by atoms with Crippen molar-refractivity contribution in [2.24, 2.45) is 11.8 Å². The van der Waals surface area contributed by atoms with Gasteiger partial charge in [0, 0.05) is 19.2 Å². The summed E-state index contributed by atoms with van der Waals surface area (Å²) >= 11 is 0. The fourth-order valence-corrected chi connectivity index (χ4v) is 1.30. The van der Waals surface area contributed by atoms with Crippen LogP contribution in [0.2, 0.25) is 0 Å². The first-order valence-corrected chi connectivity index (χ1v) is 6.07. The van der Waals surface area contributed by atoms with Crippen molar-refractivity contribution < 1.29 is 14.9 Å². The zero-order valence-electron chi connectivity index (χ0n) is 10.9. The van der Waals surface area contributed by atoms with Crippen molar-refractivity contribution >= 4 is 0 Å². The maximum absolute atomic E-state index is 9.62. The van der Waals surface area contributed by atoms with E-state index in [1.807, 2.05) is 13.8 Å². The highest BCUT2D eigenvalue weighted by molar-refractivity contribution is 4.71. The fourth-order valence-electron chi connectivity index (χ4n) is 1.30. The molecule has 4 heteroatoms. The van der Waals surface area contributed by atoms with Crippen LogP contribution in [0.15, 0.2) is 0 Å². The first-order chi connectivity index (χ1) is 7.47. The Morgan fingerprint density at radius 3 is 2.19 bits per heavy atom. The molecule has 0 aliphatic rings. The number of hydrogen-bond donors (Lipinski definition) is 3. The smallest absolute Gasteiger partial charge is 0.0897 e. The van der Waals surface area contributed by atoms with Gasteiger partial charge < -0.3 is 20.3 Å². The predicted octanol–water partition coefficient (Wildman–Crippen LogP) is 0.626. The van der Waals surface area contributed by atoms with Crippen LogP contribution in [0.3, 0.4) is 0 Å². The Kier molecular flexibility index (Phi) is 8.84. The molecular weight excluding hydrogens is 206 g/mol. The fraction of sp³-hybridized carbons (Fsp3) is 1.00. The number of aliphatic hydroxyl groups excluding tert-OH is 2. The Bertz CT molecular complexity index is 162. The van der Waals surface area contributed by atoms with Gasteiger partial charge in [0.05, 0.1) is 19.3 Å². The SMILES string of the molecule is CC(C)COCC(O)CN[C@H](CO)C(C)C. The number of ether oxygens (including phenoxy) is 1. The highest BCUT2D eigenvalue weighted by Crippen LogP contribution is 2.00. The van der Waals surface area contributed by atoms with Crippen LogP contribution in [0.4, 0.5) is 0 Å². The van der Waals surface area contributed by atoms with Gasteiger partial charge in [-0.1, -0.05) is 27.7 Å². The van der Waals surface area contributed by atoms with E-state index in [9.17, 15) is 5.11 Å². The van der Waals surface area contributed by atoms with Gasteiger partial charge in [-0.05, 0) is 11.8 Å². The van der Waals surface area contributed by atoms with Gasteiger partial charge in [-0.3, -0.25) is 0 Å². The molecule has 0 aliphatic heterocycles. The lowest BCUT2D eigenvalue weighted by Crippen LogP contribution is -2.42. The second-order valence-electron chi connectivity index (χ2n) is 5.03. The number of aliphatic hydroxyl groups is 2. The Morgan fingerprint density at radius 2 is 1.75 bits per heavy atom. The summed E-state index contributed by atoms with van der Waals surface area (Å²) in [5, 5.41) is 21.8. The summed E-state index contributed by atoms with van der Waals surface area (Å²) < 4.78 is 5.33. The molecular formula is C12H27NO3. The summed E-state index contributed by atoms with van der Waals surface area (Å²) in [6.07, 6.45) is -0.508. The molecule has 0 aromatic rings. The van der Waals surface area contributed by atoms with E-state index in [1.165, 1.54) is 0 Å². The molecule has 0 fully saturated rings. The van der Waals surface area contributed by atoms with E-state index in [1.54, 1.807) is 0 Å². The lowest BCUT2D eigenvalue weighted by molar-refractivity contribution is 0.0230. The Labute approximate surface area is 99.0 Å². The average molecular weight is 233 g/mol. The average Bonchev–Trinajstić information content (AvgIpc) is 2.17. The number of hydrogen-bond acceptors (Lipinski definition) is 4. The molecule has 0 amide bonds. The molecule has 1 unspecified atom stereocenters. The van der Waals surface area contributed by atoms with Crippen molar-refractivity contribution in [3.8, 4) is 0 Å². The zero-order chi connectivity index (χ0) is 12.6. The zero-order valence-corrected chi connectivity index (χ0v) is 10.9. The Hall–Kier alpha value is -0.160. The maximum Gasteiger partial charge on any atom is 0.0897 e. The van der Waals surface area contributed by atoms with Gasteiger partial charge in [0.2, 0.25) is 0 Å². The van der Waals surface area contributed by atoms with Crippen LogP contribution >= 0.6 is 0 Å². The maximum atomic E-state index is 9.62. The molecule has 0 radical (unpaired) electrons. The lowest BCUT2D eigenvalue weighted by Gasteiger charge is -2.22. The van der Waals surface area contributed by atoms with Crippen LogP contribution in [0.25, 0.3) is 0 Å². The van der Waals surface area contributed by atoms with Crippen molar-refractivity contribution in [3.05, 3.63) is 0 Å². The minimum Gasteiger partial charge on any atom is -0.395 e. The van der Waals surface area contributed by atoms with Gasteiger partial charge in [-0.15, -0.1) is 0 Å². The predicted molar refractivity (Wildman–Crippen MR) is 65.4 cm³/mol. The van der Waals surface area contributed by atoms with E-state index in [-0.39, 0.29) is 12.6 Å². The van der Waals surface area contributed by atoms with Crippen molar-refractivity contribution in [1.82, 2.24) is 5.32 Å². The first kappa shape index (κ1) is 15.8. The molecule has 0 saturated carbocycles. The first-order valence-electron chi connectivity index (χ1n) is 6.07. The van der Waals surface area contributed by atoms with E-state index in [2.05, 4.69) is 19.2 Å². The molecule has 2 atom stereocenters. The molecule has 0 aromatic carbocycles. The Balaban J connectivity index is 3.59. The summed E-state index contributed by atoms with van der Waals surface area (Å²) in [6, 6.07) is 0.0414. The van der Waals surface area contributed by atoms with Crippen molar-refractivity contribution in [1.29, 1.82) is 0 Å². The molecule has 98 valence electrons. The van der Waals surface area contributed by atoms with Crippen LogP contribution in [0.5, 0.6) is 0 Å². The molecule has 0 rings (SSSR count). The van der Waals surface area contributed by atoms with Gasteiger partial charge in [-0.25, -0.2) is 0 Å². The second-order valence-corrected chi connectivity index (χ2v) is 5.03. The quantitative estimate of drug-likeness (QED) is 0.546. The van der Waals surface area contributed by atoms with Crippen molar-refractivity contribution in [2.75, 3.05) is 26.4 Å². The highest BCUT2D eigenvalue weighted by atomic mass is 16.5. The van der Waals surface area contributed by atoms with Gasteiger partial charge in [-0.2, -0.15) is 0 Å². The topological polar surface area (TPSA) is 61.7 Å². The van der Waals surface area contributed by atoms with Crippen LogP contribution in [0.1, 0.15) is 27.7 Å². The van der Waals surface area contributed by atoms with Gasteiger partial charge >= 0.3 is 0 Å². The monoisotopic (exact) mass is 233 g/mol. The van der Waals surface area contributed by atoms with Gasteiger partial charge in [0.15, 0.2) is 0 Å². The third-order valence-corrected chi connectivity index (χ3v) is 2.38. The van der Waals surface area contributed by atoms with E-state index >= 15 is 0 Å². The third-order valence-electron chi connectivity index (χ3n) is 2.38. The standard InChI is InChI=1S/C12H27NO3/c1-9(2)7-16-8-11(15)5-13-12(6-14)10(3)4/h9-15H,5-8H2,1-4H3/t11?,12-/m1/s1. The van der Waals surface area contributed by atoms with Crippen molar-refractivity contribution in [2.45, 2.75) is 39.8 Å². The summed E-state index contributed by atoms with van der Waals surface area (Å²) in [7, 11) is 0. The number of rotatable bonds is 9. The largest absolute Gasteiger partial charge is 0.395 e. The summed E-state index contributed by atoms with van der Waals surface area (Å²) in [5.74, 6) is 0.842. The molecule has 0 heterocycles. The van der Waals surface area contributed by atoms with Gasteiger partial charge in [0.25, 0.3) is 0 Å². The van der Waals surface area contributed by atoms with Crippen LogP contribution < -0.4 is 5.32 Å². The van der Waals surface area contributed by atoms with E-state index in [0.717, 1.165) is 0 Å². The summed E-state index contributed by atoms with van der Waals surface area (Å²) in [4.78, 5) is 0. The Morgan fingerprint density at radius 1 is 1.12 bits per heavy atom. The molecule has 0 bridgehead atoms. The number of nitrogens with one attached hydrogen (secondary N) is 1. The molecule has 0 aromatic heterocycles. The normalized spacial score (nSPS) is 15.8.